The minimum absolute atomic E-state index is 0.113. The second-order valence-corrected chi connectivity index (χ2v) is 5.25. The van der Waals surface area contributed by atoms with Crippen LogP contribution in [0.5, 0.6) is 0 Å². The SMILES string of the molecule is CSCC(C)NC(=O)c1ccc(C)cc1C#CCO. The van der Waals surface area contributed by atoms with Crippen LogP contribution in [-0.4, -0.2) is 35.7 Å². The van der Waals surface area contributed by atoms with E-state index in [9.17, 15) is 4.79 Å². The number of rotatable bonds is 4. The summed E-state index contributed by atoms with van der Waals surface area (Å²) in [5, 5.41) is 11.7. The first-order valence-corrected chi connectivity index (χ1v) is 7.48. The van der Waals surface area contributed by atoms with Gasteiger partial charge in [0, 0.05) is 17.4 Å². The van der Waals surface area contributed by atoms with Crippen molar-refractivity contribution in [2.24, 2.45) is 0 Å². The highest BCUT2D eigenvalue weighted by atomic mass is 32.2. The van der Waals surface area contributed by atoms with Crippen molar-refractivity contribution in [1.29, 1.82) is 0 Å². The van der Waals surface area contributed by atoms with Crippen molar-refractivity contribution in [1.82, 2.24) is 5.32 Å². The normalized spacial score (nSPS) is 11.4. The van der Waals surface area contributed by atoms with Gasteiger partial charge in [0.1, 0.15) is 6.61 Å². The van der Waals surface area contributed by atoms with Gasteiger partial charge in [0.2, 0.25) is 0 Å². The molecular weight excluding hydrogens is 258 g/mol. The van der Waals surface area contributed by atoms with Crippen molar-refractivity contribution in [3.63, 3.8) is 0 Å². The summed E-state index contributed by atoms with van der Waals surface area (Å²) in [6.45, 7) is 3.71. The quantitative estimate of drug-likeness (QED) is 0.825. The van der Waals surface area contributed by atoms with E-state index in [0.717, 1.165) is 11.3 Å². The molecule has 0 aliphatic carbocycles. The van der Waals surface area contributed by atoms with Gasteiger partial charge in [-0.15, -0.1) is 0 Å². The largest absolute Gasteiger partial charge is 0.384 e. The Hall–Kier alpha value is -1.44. The van der Waals surface area contributed by atoms with E-state index in [1.54, 1.807) is 17.8 Å². The van der Waals surface area contributed by atoms with Crippen molar-refractivity contribution in [2.75, 3.05) is 18.6 Å². The van der Waals surface area contributed by atoms with Crippen molar-refractivity contribution in [2.45, 2.75) is 19.9 Å². The molecule has 3 nitrogen and oxygen atoms in total. The van der Waals surface area contributed by atoms with E-state index >= 15 is 0 Å². The number of amides is 1. The first-order chi connectivity index (χ1) is 9.08. The number of hydrogen-bond donors (Lipinski definition) is 2. The van der Waals surface area contributed by atoms with Crippen LogP contribution in [0.2, 0.25) is 0 Å². The monoisotopic (exact) mass is 277 g/mol. The Kier molecular flexibility index (Phi) is 6.48. The first-order valence-electron chi connectivity index (χ1n) is 6.08. The van der Waals surface area contributed by atoms with E-state index in [2.05, 4.69) is 17.2 Å². The molecule has 0 fully saturated rings. The lowest BCUT2D eigenvalue weighted by molar-refractivity contribution is 0.0943. The highest BCUT2D eigenvalue weighted by Crippen LogP contribution is 2.11. The van der Waals surface area contributed by atoms with E-state index in [1.807, 2.05) is 32.2 Å². The van der Waals surface area contributed by atoms with Gasteiger partial charge in [0.25, 0.3) is 5.91 Å². The van der Waals surface area contributed by atoms with Crippen LogP contribution in [0.4, 0.5) is 0 Å². The third kappa shape index (κ3) is 4.98. The molecule has 0 bridgehead atoms. The van der Waals surface area contributed by atoms with Crippen LogP contribution >= 0.6 is 11.8 Å². The number of aryl methyl sites for hydroxylation is 1. The lowest BCUT2D eigenvalue weighted by atomic mass is 10.0. The van der Waals surface area contributed by atoms with Gasteiger partial charge in [-0.25, -0.2) is 0 Å². The molecule has 1 rings (SSSR count). The molecule has 1 aromatic rings. The van der Waals surface area contributed by atoms with Gasteiger partial charge in [-0.1, -0.05) is 17.9 Å². The fourth-order valence-corrected chi connectivity index (χ4v) is 2.27. The molecule has 19 heavy (non-hydrogen) atoms. The van der Waals surface area contributed by atoms with Crippen LogP contribution in [0.25, 0.3) is 0 Å². The summed E-state index contributed by atoms with van der Waals surface area (Å²) in [6.07, 6.45) is 2.01. The average molecular weight is 277 g/mol. The third-order valence-corrected chi connectivity index (χ3v) is 3.35. The van der Waals surface area contributed by atoms with Gasteiger partial charge >= 0.3 is 0 Å². The third-order valence-electron chi connectivity index (χ3n) is 2.52. The Balaban J connectivity index is 2.95. The van der Waals surface area contributed by atoms with E-state index in [4.69, 9.17) is 5.11 Å². The zero-order valence-electron chi connectivity index (χ0n) is 11.5. The van der Waals surface area contributed by atoms with Crippen LogP contribution in [0.15, 0.2) is 18.2 Å². The van der Waals surface area contributed by atoms with Gasteiger partial charge in [0.15, 0.2) is 0 Å². The number of hydrogen-bond acceptors (Lipinski definition) is 3. The van der Waals surface area contributed by atoms with Gasteiger partial charge < -0.3 is 10.4 Å². The van der Waals surface area contributed by atoms with E-state index < -0.39 is 0 Å². The standard InChI is InChI=1S/C15H19NO2S/c1-11-6-7-14(13(9-11)5-4-8-17)15(18)16-12(2)10-19-3/h6-7,9,12,17H,8,10H2,1-3H3,(H,16,18). The summed E-state index contributed by atoms with van der Waals surface area (Å²) in [5.41, 5.74) is 2.25. The van der Waals surface area contributed by atoms with Crippen molar-refractivity contribution >= 4 is 17.7 Å². The highest BCUT2D eigenvalue weighted by molar-refractivity contribution is 7.98. The van der Waals surface area contributed by atoms with E-state index in [1.165, 1.54) is 0 Å². The van der Waals surface area contributed by atoms with Crippen LogP contribution in [0.1, 0.15) is 28.4 Å². The highest BCUT2D eigenvalue weighted by Gasteiger charge is 2.12. The van der Waals surface area contributed by atoms with Crippen molar-refractivity contribution in [3.05, 3.63) is 34.9 Å². The van der Waals surface area contributed by atoms with Crippen molar-refractivity contribution in [3.8, 4) is 11.8 Å². The lowest BCUT2D eigenvalue weighted by Crippen LogP contribution is -2.34. The predicted molar refractivity (Wildman–Crippen MR) is 80.5 cm³/mol. The van der Waals surface area contributed by atoms with E-state index in [-0.39, 0.29) is 18.6 Å². The van der Waals surface area contributed by atoms with Gasteiger partial charge in [-0.2, -0.15) is 11.8 Å². The molecule has 1 aromatic carbocycles. The molecule has 1 atom stereocenters. The number of nitrogens with one attached hydrogen (secondary N) is 1. The van der Waals surface area contributed by atoms with Crippen molar-refractivity contribution < 1.29 is 9.90 Å². The summed E-state index contributed by atoms with van der Waals surface area (Å²) in [4.78, 5) is 12.2. The molecule has 1 amide bonds. The molecule has 0 saturated carbocycles. The number of thioether (sulfide) groups is 1. The molecule has 1 unspecified atom stereocenters. The number of carbonyl (C=O) groups excluding carboxylic acids is 1. The summed E-state index contributed by atoms with van der Waals surface area (Å²) >= 11 is 1.69. The zero-order chi connectivity index (χ0) is 14.3. The summed E-state index contributed by atoms with van der Waals surface area (Å²) in [6, 6.07) is 5.63. The Labute approximate surface area is 118 Å². The number of carbonyl (C=O) groups is 1. The Morgan fingerprint density at radius 3 is 2.89 bits per heavy atom. The molecule has 0 spiro atoms. The maximum absolute atomic E-state index is 12.2. The Morgan fingerprint density at radius 2 is 2.26 bits per heavy atom. The van der Waals surface area contributed by atoms with Crippen LogP contribution in [0, 0.1) is 18.8 Å². The maximum atomic E-state index is 12.2. The predicted octanol–water partition coefficient (Wildman–Crippen LogP) is 1.82. The van der Waals surface area contributed by atoms with Crippen LogP contribution in [-0.2, 0) is 0 Å². The molecule has 0 aliphatic heterocycles. The smallest absolute Gasteiger partial charge is 0.252 e. The summed E-state index contributed by atoms with van der Waals surface area (Å²) in [5.74, 6) is 6.16. The molecule has 102 valence electrons. The first kappa shape index (κ1) is 15.6. The van der Waals surface area contributed by atoms with Crippen LogP contribution in [0.3, 0.4) is 0 Å². The minimum atomic E-state index is -0.210. The van der Waals surface area contributed by atoms with Gasteiger partial charge in [-0.3, -0.25) is 4.79 Å². The molecule has 0 heterocycles. The number of aliphatic hydroxyl groups is 1. The fraction of sp³-hybridized carbons (Fsp3) is 0.400. The molecule has 2 N–H and O–H groups in total. The second-order valence-electron chi connectivity index (χ2n) is 4.34. The minimum Gasteiger partial charge on any atom is -0.384 e. The van der Waals surface area contributed by atoms with Gasteiger partial charge in [0.05, 0.1) is 5.56 Å². The topological polar surface area (TPSA) is 49.3 Å². The van der Waals surface area contributed by atoms with Crippen LogP contribution < -0.4 is 5.32 Å². The molecular formula is C15H19NO2S. The zero-order valence-corrected chi connectivity index (χ0v) is 12.3. The summed E-state index contributed by atoms with van der Waals surface area (Å²) in [7, 11) is 0. The fourth-order valence-electron chi connectivity index (χ4n) is 1.69. The Morgan fingerprint density at radius 1 is 1.53 bits per heavy atom. The number of benzene rings is 1. The second kappa shape index (κ2) is 7.88. The van der Waals surface area contributed by atoms with E-state index in [0.29, 0.717) is 11.1 Å². The molecule has 4 heteroatoms. The molecule has 0 aromatic heterocycles. The van der Waals surface area contributed by atoms with Gasteiger partial charge in [-0.05, 0) is 37.8 Å². The average Bonchev–Trinajstić information content (AvgIpc) is 2.36. The summed E-state index contributed by atoms with van der Waals surface area (Å²) < 4.78 is 0. The number of aliphatic hydroxyl groups excluding tert-OH is 1. The lowest BCUT2D eigenvalue weighted by Gasteiger charge is -2.13. The molecule has 0 aliphatic rings. The Bertz CT molecular complexity index is 503. The molecule has 0 saturated heterocycles. The molecule has 0 radical (unpaired) electrons. The maximum Gasteiger partial charge on any atom is 0.252 e.